The number of halogens is 2. The fraction of sp³-hybridized carbons (Fsp3) is 0.650. The summed E-state index contributed by atoms with van der Waals surface area (Å²) in [5, 5.41) is 0. The van der Waals surface area contributed by atoms with Crippen LogP contribution in [0.25, 0.3) is 0 Å². The molecule has 1 unspecified atom stereocenters. The maximum atomic E-state index is 13.3. The van der Waals surface area contributed by atoms with Crippen LogP contribution in [0.4, 0.5) is 20.2 Å². The Labute approximate surface area is 149 Å². The Morgan fingerprint density at radius 3 is 2.16 bits per heavy atom. The van der Waals surface area contributed by atoms with E-state index in [0.717, 1.165) is 30.9 Å². The topological polar surface area (TPSA) is 23.6 Å². The van der Waals surface area contributed by atoms with Crippen LogP contribution >= 0.6 is 0 Å². The lowest BCUT2D eigenvalue weighted by atomic mass is 9.88. The number of hydrogen-bond acceptors (Lipinski definition) is 3. The van der Waals surface area contributed by atoms with Gasteiger partial charge in [0.2, 0.25) is 0 Å². The number of rotatable bonds is 4. The second-order valence-electron chi connectivity index (χ2n) is 7.85. The average Bonchev–Trinajstić information content (AvgIpc) is 2.57. The van der Waals surface area contributed by atoms with Crippen molar-refractivity contribution in [3.8, 4) is 0 Å². The molecule has 25 heavy (non-hydrogen) atoms. The maximum Gasteiger partial charge on any atom is 0.251 e. The second-order valence-corrected chi connectivity index (χ2v) is 7.85. The molecule has 2 aliphatic rings. The molecule has 138 valence electrons. The predicted octanol–water partition coefficient (Wildman–Crippen LogP) is 4.36. The molecule has 0 amide bonds. The Kier molecular flexibility index (Phi) is 5.30. The number of hydrogen-bond donors (Lipinski definition) is 0. The zero-order chi connectivity index (χ0) is 18.0. The summed E-state index contributed by atoms with van der Waals surface area (Å²) in [5.41, 5.74) is 2.12. The highest BCUT2D eigenvalue weighted by molar-refractivity contribution is 5.83. The van der Waals surface area contributed by atoms with Crippen LogP contribution in [-0.2, 0) is 4.79 Å². The second kappa shape index (κ2) is 7.30. The minimum atomic E-state index is -2.51. The number of Topliss-reactive ketones (excluding diaryl/α,β-unsaturated/α-hetero) is 1. The van der Waals surface area contributed by atoms with Gasteiger partial charge in [0.15, 0.2) is 0 Å². The predicted molar refractivity (Wildman–Crippen MR) is 97.6 cm³/mol. The first-order chi connectivity index (χ1) is 11.8. The summed E-state index contributed by atoms with van der Waals surface area (Å²) >= 11 is 0. The van der Waals surface area contributed by atoms with Crippen LogP contribution in [0, 0.1) is 11.8 Å². The van der Waals surface area contributed by atoms with Gasteiger partial charge >= 0.3 is 0 Å². The van der Waals surface area contributed by atoms with Crippen LogP contribution in [0.5, 0.6) is 0 Å². The molecule has 0 saturated carbocycles. The smallest absolute Gasteiger partial charge is 0.251 e. The van der Waals surface area contributed by atoms with Crippen LogP contribution in [0.1, 0.15) is 39.5 Å². The van der Waals surface area contributed by atoms with E-state index in [1.54, 1.807) is 0 Å². The third-order valence-electron chi connectivity index (χ3n) is 5.36. The molecule has 3 rings (SSSR count). The summed E-state index contributed by atoms with van der Waals surface area (Å²) in [6, 6.07) is 8.16. The van der Waals surface area contributed by atoms with Crippen LogP contribution in [0.15, 0.2) is 24.3 Å². The number of ketones is 1. The molecular formula is C20H28F2N2O. The van der Waals surface area contributed by atoms with E-state index in [-0.39, 0.29) is 18.8 Å². The summed E-state index contributed by atoms with van der Waals surface area (Å²) in [4.78, 5) is 16.4. The minimum absolute atomic E-state index is 0.0696. The van der Waals surface area contributed by atoms with Crippen LogP contribution in [-0.4, -0.2) is 37.9 Å². The van der Waals surface area contributed by atoms with Gasteiger partial charge in [0.1, 0.15) is 5.78 Å². The third kappa shape index (κ3) is 4.50. The maximum absolute atomic E-state index is 13.3. The fourth-order valence-electron chi connectivity index (χ4n) is 3.88. The van der Waals surface area contributed by atoms with Gasteiger partial charge in [-0.05, 0) is 36.6 Å². The van der Waals surface area contributed by atoms with E-state index in [0.29, 0.717) is 31.2 Å². The fourth-order valence-corrected chi connectivity index (χ4v) is 3.88. The summed E-state index contributed by atoms with van der Waals surface area (Å²) in [6.45, 7) is 6.67. The molecular weight excluding hydrogens is 322 g/mol. The first-order valence-corrected chi connectivity index (χ1v) is 9.34. The van der Waals surface area contributed by atoms with Crippen molar-refractivity contribution in [3.63, 3.8) is 0 Å². The van der Waals surface area contributed by atoms with Gasteiger partial charge in [-0.15, -0.1) is 0 Å². The van der Waals surface area contributed by atoms with Crippen molar-refractivity contribution in [3.05, 3.63) is 24.3 Å². The summed E-state index contributed by atoms with van der Waals surface area (Å²) in [6.07, 6.45) is 1.41. The number of carbonyl (C=O) groups excluding carboxylic acids is 1. The minimum Gasteiger partial charge on any atom is -0.371 e. The van der Waals surface area contributed by atoms with Crippen LogP contribution in [0.3, 0.4) is 0 Å². The summed E-state index contributed by atoms with van der Waals surface area (Å²) in [7, 11) is 0. The zero-order valence-electron chi connectivity index (χ0n) is 15.2. The highest BCUT2D eigenvalue weighted by Crippen LogP contribution is 2.32. The third-order valence-corrected chi connectivity index (χ3v) is 5.36. The molecule has 3 nitrogen and oxygen atoms in total. The van der Waals surface area contributed by atoms with Gasteiger partial charge in [-0.3, -0.25) is 4.79 Å². The van der Waals surface area contributed by atoms with Gasteiger partial charge in [0, 0.05) is 62.7 Å². The standard InChI is InChI=1S/C20H28F2N2O/c1-15(2)13-16-14-24(10-7-19(16)25)18-5-3-17(4-6-18)23-11-8-20(21,22)9-12-23/h3-6,15-16H,7-14H2,1-2H3. The van der Waals surface area contributed by atoms with E-state index in [1.165, 1.54) is 0 Å². The van der Waals surface area contributed by atoms with Gasteiger partial charge in [-0.25, -0.2) is 8.78 Å². The van der Waals surface area contributed by atoms with Gasteiger partial charge in [0.25, 0.3) is 5.92 Å². The van der Waals surface area contributed by atoms with E-state index in [2.05, 4.69) is 30.9 Å². The molecule has 1 atom stereocenters. The Hall–Kier alpha value is -1.65. The number of anilines is 2. The molecule has 0 radical (unpaired) electrons. The van der Waals surface area contributed by atoms with E-state index in [4.69, 9.17) is 0 Å². The van der Waals surface area contributed by atoms with Crippen molar-refractivity contribution in [2.24, 2.45) is 11.8 Å². The molecule has 5 heteroatoms. The van der Waals surface area contributed by atoms with E-state index in [9.17, 15) is 13.6 Å². The monoisotopic (exact) mass is 350 g/mol. The lowest BCUT2D eigenvalue weighted by Crippen LogP contribution is -2.41. The number of alkyl halides is 2. The Bertz CT molecular complexity index is 590. The van der Waals surface area contributed by atoms with Gasteiger partial charge in [0.05, 0.1) is 0 Å². The molecule has 0 bridgehead atoms. The van der Waals surface area contributed by atoms with Crippen molar-refractivity contribution in [2.75, 3.05) is 36.0 Å². The van der Waals surface area contributed by atoms with Crippen LogP contribution < -0.4 is 9.80 Å². The zero-order valence-corrected chi connectivity index (χ0v) is 15.2. The first-order valence-electron chi connectivity index (χ1n) is 9.34. The average molecular weight is 350 g/mol. The molecule has 0 spiro atoms. The molecule has 0 N–H and O–H groups in total. The lowest BCUT2D eigenvalue weighted by Gasteiger charge is -2.35. The first kappa shape index (κ1) is 18.2. The van der Waals surface area contributed by atoms with Crippen LogP contribution in [0.2, 0.25) is 0 Å². The molecule has 2 aliphatic heterocycles. The van der Waals surface area contributed by atoms with E-state index < -0.39 is 5.92 Å². The summed E-state index contributed by atoms with van der Waals surface area (Å²) in [5.74, 6) is -1.48. The summed E-state index contributed by atoms with van der Waals surface area (Å²) < 4.78 is 26.6. The quantitative estimate of drug-likeness (QED) is 0.806. The van der Waals surface area contributed by atoms with Crippen molar-refractivity contribution in [2.45, 2.75) is 45.5 Å². The lowest BCUT2D eigenvalue weighted by molar-refractivity contribution is -0.123. The largest absolute Gasteiger partial charge is 0.371 e. The van der Waals surface area contributed by atoms with E-state index in [1.807, 2.05) is 17.0 Å². The molecule has 0 aromatic heterocycles. The Morgan fingerprint density at radius 1 is 1.04 bits per heavy atom. The van der Waals surface area contributed by atoms with Gasteiger partial charge < -0.3 is 9.80 Å². The van der Waals surface area contributed by atoms with E-state index >= 15 is 0 Å². The van der Waals surface area contributed by atoms with Crippen molar-refractivity contribution >= 4 is 17.2 Å². The van der Waals surface area contributed by atoms with Crippen molar-refractivity contribution < 1.29 is 13.6 Å². The number of piperidine rings is 2. The SMILES string of the molecule is CC(C)CC1CN(c2ccc(N3CCC(F)(F)CC3)cc2)CCC1=O. The Morgan fingerprint density at radius 2 is 1.60 bits per heavy atom. The molecule has 2 heterocycles. The van der Waals surface area contributed by atoms with Crippen molar-refractivity contribution in [1.82, 2.24) is 0 Å². The highest BCUT2D eigenvalue weighted by atomic mass is 19.3. The number of carbonyl (C=O) groups is 1. The molecule has 0 aliphatic carbocycles. The number of nitrogens with zero attached hydrogens (tertiary/aromatic N) is 2. The van der Waals surface area contributed by atoms with Gasteiger partial charge in [-0.2, -0.15) is 0 Å². The number of benzene rings is 1. The van der Waals surface area contributed by atoms with Crippen molar-refractivity contribution in [1.29, 1.82) is 0 Å². The Balaban J connectivity index is 1.63. The highest BCUT2D eigenvalue weighted by Gasteiger charge is 2.34. The molecule has 1 aromatic carbocycles. The molecule has 2 saturated heterocycles. The molecule has 1 aromatic rings. The normalized spacial score (nSPS) is 24.0. The van der Waals surface area contributed by atoms with Gasteiger partial charge in [-0.1, -0.05) is 13.8 Å². The molecule has 2 fully saturated rings.